The monoisotopic (exact) mass is 583 g/mol. The summed E-state index contributed by atoms with van der Waals surface area (Å²) in [4.78, 5) is 44.9. The van der Waals surface area contributed by atoms with Crippen LogP contribution in [0.2, 0.25) is 0 Å². The van der Waals surface area contributed by atoms with Gasteiger partial charge in [-0.15, -0.1) is 22.7 Å². The fourth-order valence-electron chi connectivity index (χ4n) is 5.32. The van der Waals surface area contributed by atoms with Gasteiger partial charge in [0.1, 0.15) is 21.9 Å². The van der Waals surface area contributed by atoms with Gasteiger partial charge in [-0.3, -0.25) is 14.2 Å². The summed E-state index contributed by atoms with van der Waals surface area (Å²) in [5.74, 6) is -0.936. The van der Waals surface area contributed by atoms with Crippen LogP contribution in [0.5, 0.6) is 0 Å². The maximum absolute atomic E-state index is 13.6. The molecule has 6 rings (SSSR count). The summed E-state index contributed by atoms with van der Waals surface area (Å²) in [5.41, 5.74) is 7.26. The molecule has 208 valence electrons. The molecule has 1 N–H and O–H groups in total. The van der Waals surface area contributed by atoms with Gasteiger partial charge in [0, 0.05) is 21.9 Å². The number of esters is 1. The number of carbonyl (C=O) groups excluding carboxylic acids is 2. The Morgan fingerprint density at radius 3 is 2.49 bits per heavy atom. The van der Waals surface area contributed by atoms with E-state index in [1.807, 2.05) is 41.9 Å². The summed E-state index contributed by atoms with van der Waals surface area (Å²) in [6.45, 7) is 3.72. The molecule has 3 aromatic heterocycles. The topological polar surface area (TPSA) is 90.3 Å². The lowest BCUT2D eigenvalue weighted by molar-refractivity contribution is -0.116. The van der Waals surface area contributed by atoms with Crippen molar-refractivity contribution in [1.82, 2.24) is 9.55 Å². The van der Waals surface area contributed by atoms with Crippen LogP contribution in [0.4, 0.5) is 5.00 Å². The fourth-order valence-corrected chi connectivity index (χ4v) is 7.20. The highest BCUT2D eigenvalue weighted by atomic mass is 32.1. The van der Waals surface area contributed by atoms with Crippen molar-refractivity contribution < 1.29 is 14.3 Å². The zero-order valence-corrected chi connectivity index (χ0v) is 24.5. The number of rotatable bonds is 7. The molecule has 0 saturated heterocycles. The minimum atomic E-state index is -0.507. The van der Waals surface area contributed by atoms with Crippen LogP contribution in [0.25, 0.3) is 32.5 Å². The average molecular weight is 584 g/mol. The smallest absolute Gasteiger partial charge is 0.341 e. The van der Waals surface area contributed by atoms with E-state index in [9.17, 15) is 14.4 Å². The number of carbonyl (C=O) groups is 2. The average Bonchev–Trinajstić information content (AvgIpc) is 3.60. The van der Waals surface area contributed by atoms with E-state index >= 15 is 0 Å². The van der Waals surface area contributed by atoms with E-state index in [2.05, 4.69) is 28.5 Å². The van der Waals surface area contributed by atoms with E-state index in [0.29, 0.717) is 26.3 Å². The second-order valence-electron chi connectivity index (χ2n) is 10.2. The zero-order chi connectivity index (χ0) is 28.5. The predicted molar refractivity (Wildman–Crippen MR) is 165 cm³/mol. The first-order valence-corrected chi connectivity index (χ1v) is 15.4. The molecule has 0 aliphatic heterocycles. The molecule has 0 saturated carbocycles. The first-order chi connectivity index (χ1) is 19.9. The Kier molecular flexibility index (Phi) is 7.55. The van der Waals surface area contributed by atoms with Crippen LogP contribution >= 0.6 is 22.7 Å². The molecular weight excluding hydrogens is 555 g/mol. The van der Waals surface area contributed by atoms with Gasteiger partial charge in [-0.25, -0.2) is 9.78 Å². The van der Waals surface area contributed by atoms with Crippen LogP contribution in [0.1, 0.15) is 46.8 Å². The van der Waals surface area contributed by atoms with Crippen LogP contribution in [0, 0.1) is 6.92 Å². The summed E-state index contributed by atoms with van der Waals surface area (Å²) >= 11 is 2.68. The number of hydrogen-bond acceptors (Lipinski definition) is 7. The maximum atomic E-state index is 13.6. The number of fused-ring (bicyclic) bond motifs is 2. The molecule has 5 aromatic rings. The molecule has 1 amide bonds. The van der Waals surface area contributed by atoms with Crippen molar-refractivity contribution in [3.05, 3.63) is 92.2 Å². The molecule has 9 heteroatoms. The van der Waals surface area contributed by atoms with Crippen LogP contribution in [0.15, 0.2) is 64.3 Å². The summed E-state index contributed by atoms with van der Waals surface area (Å²) in [5, 5.41) is 7.55. The molecule has 41 heavy (non-hydrogen) atoms. The number of hydrogen-bond donors (Lipinski definition) is 1. The fraction of sp³-hybridized carbons (Fsp3) is 0.250. The van der Waals surface area contributed by atoms with Gasteiger partial charge < -0.3 is 10.1 Å². The standard InChI is InChI=1S/C32H29N3O4S2/c1-3-39-32(38)28-24(21-10-8-19(2)9-11-21)16-41-30(28)34-26(36)15-35-18-33-29-27(31(35)37)25(17-40-29)23-13-12-20-6-4-5-7-22(20)14-23/h8-14,16-18H,3-7,15H2,1-2H3,(H,34,36). The highest BCUT2D eigenvalue weighted by Crippen LogP contribution is 2.37. The molecule has 1 aliphatic rings. The number of thiophene rings is 2. The molecule has 0 radical (unpaired) electrons. The summed E-state index contributed by atoms with van der Waals surface area (Å²) in [6, 6.07) is 14.3. The first kappa shape index (κ1) is 27.1. The minimum Gasteiger partial charge on any atom is -0.462 e. The van der Waals surface area contributed by atoms with Gasteiger partial charge in [-0.1, -0.05) is 48.0 Å². The lowest BCUT2D eigenvalue weighted by Gasteiger charge is -2.16. The van der Waals surface area contributed by atoms with Crippen molar-refractivity contribution in [2.24, 2.45) is 0 Å². The predicted octanol–water partition coefficient (Wildman–Crippen LogP) is 6.86. The van der Waals surface area contributed by atoms with Gasteiger partial charge in [0.05, 0.1) is 18.3 Å². The Hall–Kier alpha value is -4.08. The molecule has 0 bridgehead atoms. The van der Waals surface area contributed by atoms with Gasteiger partial charge in [0.25, 0.3) is 5.56 Å². The van der Waals surface area contributed by atoms with E-state index in [1.54, 1.807) is 6.92 Å². The number of aromatic nitrogens is 2. The number of aryl methyl sites for hydroxylation is 3. The number of amides is 1. The second kappa shape index (κ2) is 11.4. The zero-order valence-electron chi connectivity index (χ0n) is 22.9. The summed E-state index contributed by atoms with van der Waals surface area (Å²) < 4.78 is 6.64. The van der Waals surface area contributed by atoms with Gasteiger partial charge in [-0.05, 0) is 61.8 Å². The Balaban J connectivity index is 1.29. The third-order valence-corrected chi connectivity index (χ3v) is 9.20. The molecule has 3 heterocycles. The van der Waals surface area contributed by atoms with Crippen LogP contribution in [-0.4, -0.2) is 28.0 Å². The Morgan fingerprint density at radius 1 is 0.976 bits per heavy atom. The minimum absolute atomic E-state index is 0.212. The highest BCUT2D eigenvalue weighted by molar-refractivity contribution is 7.17. The Bertz CT molecular complexity index is 1830. The number of benzene rings is 2. The molecule has 2 aromatic carbocycles. The second-order valence-corrected chi connectivity index (χ2v) is 11.9. The van der Waals surface area contributed by atoms with Crippen molar-refractivity contribution in [1.29, 1.82) is 0 Å². The molecule has 7 nitrogen and oxygen atoms in total. The largest absolute Gasteiger partial charge is 0.462 e. The third-order valence-electron chi connectivity index (χ3n) is 7.42. The molecular formula is C32H29N3O4S2. The van der Waals surface area contributed by atoms with Crippen molar-refractivity contribution in [2.45, 2.75) is 46.1 Å². The maximum Gasteiger partial charge on any atom is 0.341 e. The number of nitrogens with one attached hydrogen (secondary N) is 1. The van der Waals surface area contributed by atoms with Gasteiger partial charge in [0.2, 0.25) is 5.91 Å². The van der Waals surface area contributed by atoms with E-state index in [0.717, 1.165) is 35.1 Å². The van der Waals surface area contributed by atoms with E-state index in [-0.39, 0.29) is 18.7 Å². The molecule has 0 unspecified atom stereocenters. The lowest BCUT2D eigenvalue weighted by atomic mass is 9.89. The van der Waals surface area contributed by atoms with E-state index in [1.165, 1.54) is 57.5 Å². The van der Waals surface area contributed by atoms with E-state index in [4.69, 9.17) is 4.74 Å². The molecule has 1 aliphatic carbocycles. The number of anilines is 1. The highest BCUT2D eigenvalue weighted by Gasteiger charge is 2.23. The van der Waals surface area contributed by atoms with Crippen LogP contribution in [-0.2, 0) is 28.9 Å². The van der Waals surface area contributed by atoms with Crippen molar-refractivity contribution in [3.8, 4) is 22.3 Å². The third kappa shape index (κ3) is 5.35. The Morgan fingerprint density at radius 2 is 1.71 bits per heavy atom. The van der Waals surface area contributed by atoms with Crippen LogP contribution in [0.3, 0.4) is 0 Å². The van der Waals surface area contributed by atoms with Gasteiger partial charge in [-0.2, -0.15) is 0 Å². The van der Waals surface area contributed by atoms with E-state index < -0.39 is 11.9 Å². The molecule has 0 fully saturated rings. The number of nitrogens with zero attached hydrogens (tertiary/aromatic N) is 2. The Labute approximate surface area is 245 Å². The summed E-state index contributed by atoms with van der Waals surface area (Å²) in [7, 11) is 0. The first-order valence-electron chi connectivity index (χ1n) is 13.7. The normalized spacial score (nSPS) is 12.7. The quantitative estimate of drug-likeness (QED) is 0.212. The van der Waals surface area contributed by atoms with Crippen molar-refractivity contribution in [2.75, 3.05) is 11.9 Å². The SMILES string of the molecule is CCOC(=O)c1c(-c2ccc(C)cc2)csc1NC(=O)Cn1cnc2scc(-c3ccc4c(c3)CCCC4)c2c1=O. The van der Waals surface area contributed by atoms with Crippen molar-refractivity contribution >= 4 is 49.8 Å². The van der Waals surface area contributed by atoms with Crippen LogP contribution < -0.4 is 10.9 Å². The molecule has 0 spiro atoms. The molecule has 0 atom stereocenters. The lowest BCUT2D eigenvalue weighted by Crippen LogP contribution is -2.28. The van der Waals surface area contributed by atoms with Crippen molar-refractivity contribution in [3.63, 3.8) is 0 Å². The van der Waals surface area contributed by atoms with Gasteiger partial charge in [0.15, 0.2) is 0 Å². The van der Waals surface area contributed by atoms with Gasteiger partial charge >= 0.3 is 5.97 Å². The number of ether oxygens (including phenoxy) is 1. The summed E-state index contributed by atoms with van der Waals surface area (Å²) in [6.07, 6.45) is 5.95.